The Hall–Kier alpha value is -2.86. The second-order valence-electron chi connectivity index (χ2n) is 8.47. The van der Waals surface area contributed by atoms with Gasteiger partial charge < -0.3 is 20.1 Å². The molecule has 1 saturated heterocycles. The molecule has 6 heteroatoms. The Morgan fingerprint density at radius 2 is 2.07 bits per heavy atom. The highest BCUT2D eigenvalue weighted by atomic mass is 16.2. The number of carbonyl (C=O) groups excluding carboxylic acids is 2. The van der Waals surface area contributed by atoms with Crippen molar-refractivity contribution in [1.82, 2.24) is 14.8 Å². The molecule has 0 radical (unpaired) electrons. The Morgan fingerprint density at radius 3 is 2.83 bits per heavy atom. The van der Waals surface area contributed by atoms with Gasteiger partial charge in [0.1, 0.15) is 0 Å². The van der Waals surface area contributed by atoms with Crippen molar-refractivity contribution in [2.45, 2.75) is 26.2 Å². The first-order valence-electron chi connectivity index (χ1n) is 10.7. The predicted molar refractivity (Wildman–Crippen MR) is 122 cm³/mol. The molecule has 1 aliphatic heterocycles. The van der Waals surface area contributed by atoms with Gasteiger partial charge in [-0.1, -0.05) is 31.2 Å². The molecule has 6 nitrogen and oxygen atoms in total. The highest BCUT2D eigenvalue weighted by molar-refractivity contribution is 6.09. The van der Waals surface area contributed by atoms with Crippen molar-refractivity contribution in [3.05, 3.63) is 42.0 Å². The van der Waals surface area contributed by atoms with E-state index in [1.54, 1.807) is 0 Å². The first-order chi connectivity index (χ1) is 14.5. The van der Waals surface area contributed by atoms with E-state index in [1.807, 2.05) is 31.1 Å². The number of para-hydroxylation sites is 1. The average molecular weight is 407 g/mol. The van der Waals surface area contributed by atoms with Crippen LogP contribution in [-0.2, 0) is 16.0 Å². The van der Waals surface area contributed by atoms with E-state index < -0.39 is 0 Å². The molecule has 2 amide bonds. The summed E-state index contributed by atoms with van der Waals surface area (Å²) < 4.78 is 0. The topological polar surface area (TPSA) is 68.4 Å². The minimum absolute atomic E-state index is 0.0760. The van der Waals surface area contributed by atoms with E-state index in [0.29, 0.717) is 19.5 Å². The van der Waals surface area contributed by atoms with Crippen LogP contribution in [0.1, 0.15) is 25.3 Å². The number of fused-ring (bicyclic) bond motifs is 3. The highest BCUT2D eigenvalue weighted by Crippen LogP contribution is 2.30. The monoisotopic (exact) mass is 406 g/mol. The summed E-state index contributed by atoms with van der Waals surface area (Å²) in [4.78, 5) is 32.5. The molecule has 3 aromatic rings. The van der Waals surface area contributed by atoms with Crippen LogP contribution < -0.4 is 5.32 Å². The molecule has 0 aliphatic carbocycles. The van der Waals surface area contributed by atoms with Gasteiger partial charge in [-0.3, -0.25) is 9.59 Å². The number of aryl methyl sites for hydroxylation is 1. The third-order valence-electron chi connectivity index (χ3n) is 5.99. The van der Waals surface area contributed by atoms with Crippen LogP contribution in [0.4, 0.5) is 5.69 Å². The molecule has 1 atom stereocenters. The van der Waals surface area contributed by atoms with Gasteiger partial charge in [-0.15, -0.1) is 0 Å². The smallest absolute Gasteiger partial charge is 0.229 e. The fourth-order valence-electron chi connectivity index (χ4n) is 4.35. The van der Waals surface area contributed by atoms with Crippen molar-refractivity contribution < 1.29 is 9.59 Å². The maximum absolute atomic E-state index is 12.8. The van der Waals surface area contributed by atoms with E-state index in [4.69, 9.17) is 0 Å². The normalized spacial score (nSPS) is 16.9. The molecule has 0 spiro atoms. The number of amides is 2. The summed E-state index contributed by atoms with van der Waals surface area (Å²) in [6, 6.07) is 12.3. The molecule has 158 valence electrons. The van der Waals surface area contributed by atoms with Gasteiger partial charge in [-0.2, -0.15) is 0 Å². The molecule has 30 heavy (non-hydrogen) atoms. The summed E-state index contributed by atoms with van der Waals surface area (Å²) in [5.74, 6) is -0.294. The van der Waals surface area contributed by atoms with Crippen molar-refractivity contribution in [2.75, 3.05) is 39.0 Å². The van der Waals surface area contributed by atoms with Crippen LogP contribution >= 0.6 is 0 Å². The number of nitrogens with one attached hydrogen (secondary N) is 2. The summed E-state index contributed by atoms with van der Waals surface area (Å²) in [6.45, 7) is 4.30. The number of nitrogens with zero attached hydrogens (tertiary/aromatic N) is 2. The van der Waals surface area contributed by atoms with E-state index in [-0.39, 0.29) is 17.7 Å². The lowest BCUT2D eigenvalue weighted by Gasteiger charge is -2.18. The number of anilines is 1. The van der Waals surface area contributed by atoms with Gasteiger partial charge in [0.2, 0.25) is 11.8 Å². The van der Waals surface area contributed by atoms with Gasteiger partial charge in [-0.05, 0) is 51.2 Å². The van der Waals surface area contributed by atoms with E-state index in [9.17, 15) is 9.59 Å². The largest absolute Gasteiger partial charge is 0.354 e. The van der Waals surface area contributed by atoms with E-state index in [0.717, 1.165) is 41.5 Å². The maximum atomic E-state index is 12.8. The number of rotatable bonds is 7. The molecule has 0 saturated carbocycles. The van der Waals surface area contributed by atoms with E-state index in [1.165, 1.54) is 10.9 Å². The Labute approximate surface area is 177 Å². The first-order valence-corrected chi connectivity index (χ1v) is 10.7. The summed E-state index contributed by atoms with van der Waals surface area (Å²) in [6.07, 6.45) is 2.18. The number of benzene rings is 2. The molecule has 1 fully saturated rings. The molecular weight excluding hydrogens is 376 g/mol. The lowest BCUT2D eigenvalue weighted by molar-refractivity contribution is -0.128. The van der Waals surface area contributed by atoms with Gasteiger partial charge in [0.25, 0.3) is 0 Å². The quantitative estimate of drug-likeness (QED) is 0.630. The molecule has 2 heterocycles. The van der Waals surface area contributed by atoms with Gasteiger partial charge >= 0.3 is 0 Å². The van der Waals surface area contributed by atoms with Crippen molar-refractivity contribution in [2.24, 2.45) is 5.92 Å². The Morgan fingerprint density at radius 1 is 1.23 bits per heavy atom. The highest BCUT2D eigenvalue weighted by Gasteiger charge is 2.34. The van der Waals surface area contributed by atoms with Crippen LogP contribution in [0, 0.1) is 5.92 Å². The zero-order chi connectivity index (χ0) is 21.3. The lowest BCUT2D eigenvalue weighted by Crippen LogP contribution is -2.30. The van der Waals surface area contributed by atoms with Gasteiger partial charge in [0.15, 0.2) is 0 Å². The number of hydrogen-bond donors (Lipinski definition) is 2. The van der Waals surface area contributed by atoms with Gasteiger partial charge in [0, 0.05) is 47.0 Å². The van der Waals surface area contributed by atoms with Crippen molar-refractivity contribution in [1.29, 1.82) is 0 Å². The van der Waals surface area contributed by atoms with Gasteiger partial charge in [-0.25, -0.2) is 0 Å². The zero-order valence-corrected chi connectivity index (χ0v) is 18.0. The third kappa shape index (κ3) is 4.05. The summed E-state index contributed by atoms with van der Waals surface area (Å²) >= 11 is 0. The second kappa shape index (κ2) is 8.48. The zero-order valence-electron chi connectivity index (χ0n) is 18.0. The molecule has 1 aromatic heterocycles. The number of hydrogen-bond acceptors (Lipinski definition) is 3. The molecule has 1 unspecified atom stereocenters. The van der Waals surface area contributed by atoms with Crippen LogP contribution in [-0.4, -0.2) is 60.3 Å². The van der Waals surface area contributed by atoms with Crippen LogP contribution in [0.15, 0.2) is 36.4 Å². The standard InChI is InChI=1S/C24H30N4O2/c1-4-16-7-5-8-20-19-10-9-18(14-21(19)26-23(16)20)25-24(30)17-13-22(29)28(15-17)12-6-11-27(2)3/h5,7-10,14,17,26H,4,6,11-13,15H2,1-3H3,(H,25,30). The van der Waals surface area contributed by atoms with Gasteiger partial charge in [0.05, 0.1) is 5.92 Å². The second-order valence-corrected chi connectivity index (χ2v) is 8.47. The SMILES string of the molecule is CCc1cccc2c1[nH]c1cc(NC(=O)C3CC(=O)N(CCCN(C)C)C3)ccc12. The van der Waals surface area contributed by atoms with E-state index in [2.05, 4.69) is 46.4 Å². The number of likely N-dealkylation sites (tertiary alicyclic amines) is 1. The summed E-state index contributed by atoms with van der Waals surface area (Å²) in [5, 5.41) is 5.38. The minimum Gasteiger partial charge on any atom is -0.354 e. The summed E-state index contributed by atoms with van der Waals surface area (Å²) in [5.41, 5.74) is 4.22. The fourth-order valence-corrected chi connectivity index (χ4v) is 4.35. The number of H-pyrrole nitrogens is 1. The van der Waals surface area contributed by atoms with Crippen LogP contribution in [0.5, 0.6) is 0 Å². The number of aromatic nitrogens is 1. The van der Waals surface area contributed by atoms with Crippen molar-refractivity contribution in [3.63, 3.8) is 0 Å². The number of carbonyl (C=O) groups is 2. The first kappa shape index (κ1) is 20.4. The van der Waals surface area contributed by atoms with Crippen molar-refractivity contribution >= 4 is 39.3 Å². The van der Waals surface area contributed by atoms with E-state index >= 15 is 0 Å². The molecule has 2 N–H and O–H groups in total. The number of aromatic amines is 1. The molecule has 0 bridgehead atoms. The Balaban J connectivity index is 1.45. The third-order valence-corrected chi connectivity index (χ3v) is 5.99. The minimum atomic E-state index is -0.290. The van der Waals surface area contributed by atoms with Crippen LogP contribution in [0.2, 0.25) is 0 Å². The maximum Gasteiger partial charge on any atom is 0.229 e. The summed E-state index contributed by atoms with van der Waals surface area (Å²) in [7, 11) is 4.05. The average Bonchev–Trinajstić information content (AvgIpc) is 3.27. The van der Waals surface area contributed by atoms with Crippen LogP contribution in [0.25, 0.3) is 21.8 Å². The lowest BCUT2D eigenvalue weighted by atomic mass is 10.1. The fraction of sp³-hybridized carbons (Fsp3) is 0.417. The Kier molecular flexibility index (Phi) is 5.77. The Bertz CT molecular complexity index is 1090. The molecule has 4 rings (SSSR count). The molecular formula is C24H30N4O2. The van der Waals surface area contributed by atoms with Crippen molar-refractivity contribution in [3.8, 4) is 0 Å². The predicted octanol–water partition coefficient (Wildman–Crippen LogP) is 3.62. The van der Waals surface area contributed by atoms with Crippen LogP contribution in [0.3, 0.4) is 0 Å². The molecule has 1 aliphatic rings. The molecule has 2 aromatic carbocycles.